The van der Waals surface area contributed by atoms with E-state index in [4.69, 9.17) is 5.73 Å². The first-order chi connectivity index (χ1) is 8.06. The molecule has 0 radical (unpaired) electrons. The molecule has 0 saturated heterocycles. The van der Waals surface area contributed by atoms with Crippen LogP contribution in [0.1, 0.15) is 14.5 Å². The third-order valence-corrected chi connectivity index (χ3v) is 3.22. The predicted molar refractivity (Wildman–Crippen MR) is 67.8 cm³/mol. The molecular weight excluding hydrogens is 239 g/mol. The average Bonchev–Trinajstić information content (AvgIpc) is 2.70. The zero-order valence-electron chi connectivity index (χ0n) is 9.16. The van der Waals surface area contributed by atoms with Gasteiger partial charge in [-0.15, -0.1) is 11.3 Å². The lowest BCUT2D eigenvalue weighted by Gasteiger charge is -2.04. The molecule has 5 heteroatoms. The first-order valence-corrected chi connectivity index (χ1v) is 5.81. The largest absolute Gasteiger partial charge is 0.396 e. The second kappa shape index (κ2) is 4.55. The molecule has 88 valence electrons. The van der Waals surface area contributed by atoms with Crippen molar-refractivity contribution in [1.82, 2.24) is 0 Å². The van der Waals surface area contributed by atoms with Gasteiger partial charge in [-0.25, -0.2) is 4.39 Å². The number of benzene rings is 1. The number of carbonyl (C=O) groups is 1. The lowest BCUT2D eigenvalue weighted by Crippen LogP contribution is -2.10. The molecule has 0 aliphatic rings. The highest BCUT2D eigenvalue weighted by Crippen LogP contribution is 2.19. The van der Waals surface area contributed by atoms with Crippen LogP contribution in [0.2, 0.25) is 0 Å². The molecule has 0 bridgehead atoms. The third kappa shape index (κ3) is 2.62. The highest BCUT2D eigenvalue weighted by Gasteiger charge is 2.09. The smallest absolute Gasteiger partial charge is 0.265 e. The number of anilines is 2. The summed E-state index contributed by atoms with van der Waals surface area (Å²) in [6.07, 6.45) is 0. The molecule has 0 atom stereocenters. The highest BCUT2D eigenvalue weighted by molar-refractivity contribution is 7.14. The normalized spacial score (nSPS) is 10.2. The van der Waals surface area contributed by atoms with Crippen molar-refractivity contribution in [3.8, 4) is 0 Å². The van der Waals surface area contributed by atoms with Gasteiger partial charge in [-0.2, -0.15) is 0 Å². The third-order valence-electron chi connectivity index (χ3n) is 2.22. The second-order valence-electron chi connectivity index (χ2n) is 3.60. The summed E-state index contributed by atoms with van der Waals surface area (Å²) < 4.78 is 12.9. The molecule has 1 aromatic heterocycles. The van der Waals surface area contributed by atoms with Gasteiger partial charge in [0.05, 0.1) is 10.6 Å². The van der Waals surface area contributed by atoms with Crippen LogP contribution in [-0.2, 0) is 0 Å². The van der Waals surface area contributed by atoms with Gasteiger partial charge < -0.3 is 11.1 Å². The Morgan fingerprint density at radius 3 is 2.71 bits per heavy atom. The Balaban J connectivity index is 2.15. The number of aryl methyl sites for hydroxylation is 1. The zero-order chi connectivity index (χ0) is 12.4. The first kappa shape index (κ1) is 11.6. The molecule has 1 heterocycles. The number of hydrogen-bond acceptors (Lipinski definition) is 3. The maximum absolute atomic E-state index is 12.9. The van der Waals surface area contributed by atoms with Gasteiger partial charge in [0, 0.05) is 10.6 Å². The molecule has 0 saturated carbocycles. The monoisotopic (exact) mass is 250 g/mol. The van der Waals surface area contributed by atoms with Crippen molar-refractivity contribution in [1.29, 1.82) is 0 Å². The Morgan fingerprint density at radius 1 is 1.35 bits per heavy atom. The van der Waals surface area contributed by atoms with Crippen LogP contribution in [0, 0.1) is 12.7 Å². The van der Waals surface area contributed by atoms with Crippen LogP contribution < -0.4 is 11.1 Å². The van der Waals surface area contributed by atoms with Gasteiger partial charge in [0.15, 0.2) is 0 Å². The van der Waals surface area contributed by atoms with Gasteiger partial charge in [-0.3, -0.25) is 4.79 Å². The van der Waals surface area contributed by atoms with Crippen molar-refractivity contribution >= 4 is 28.6 Å². The summed E-state index contributed by atoms with van der Waals surface area (Å²) in [5, 5.41) is 2.66. The molecule has 1 aromatic carbocycles. The van der Waals surface area contributed by atoms with E-state index >= 15 is 0 Å². The number of carbonyl (C=O) groups excluding carboxylic acids is 1. The fourth-order valence-corrected chi connectivity index (χ4v) is 2.13. The molecule has 0 spiro atoms. The Hall–Kier alpha value is -1.88. The number of nitrogens with one attached hydrogen (secondary N) is 1. The van der Waals surface area contributed by atoms with Crippen LogP contribution in [0.3, 0.4) is 0 Å². The van der Waals surface area contributed by atoms with Gasteiger partial charge in [-0.1, -0.05) is 0 Å². The molecule has 0 aliphatic carbocycles. The minimum Gasteiger partial charge on any atom is -0.396 e. The maximum Gasteiger partial charge on any atom is 0.265 e. The molecular formula is C12H11FN2OS. The van der Waals surface area contributed by atoms with E-state index in [-0.39, 0.29) is 11.6 Å². The number of rotatable bonds is 2. The van der Waals surface area contributed by atoms with Crippen molar-refractivity contribution in [2.24, 2.45) is 0 Å². The summed E-state index contributed by atoms with van der Waals surface area (Å²) in [7, 11) is 0. The maximum atomic E-state index is 12.9. The number of nitrogen functional groups attached to an aromatic ring is 1. The molecule has 2 rings (SSSR count). The van der Waals surface area contributed by atoms with Crippen LogP contribution >= 0.6 is 11.3 Å². The molecule has 2 aromatic rings. The van der Waals surface area contributed by atoms with Gasteiger partial charge >= 0.3 is 0 Å². The molecule has 17 heavy (non-hydrogen) atoms. The van der Waals surface area contributed by atoms with Gasteiger partial charge in [0.2, 0.25) is 0 Å². The van der Waals surface area contributed by atoms with Crippen molar-refractivity contribution in [2.75, 3.05) is 11.1 Å². The zero-order valence-corrected chi connectivity index (χ0v) is 9.98. The predicted octanol–water partition coefficient (Wildman–Crippen LogP) is 3.03. The number of halogens is 1. The molecule has 1 amide bonds. The van der Waals surface area contributed by atoms with Crippen molar-refractivity contribution in [3.63, 3.8) is 0 Å². The standard InChI is InChI=1S/C12H11FN2OS/c1-7-2-5-11(17-7)12(16)15-8-3-4-9(13)10(14)6-8/h2-6H,14H2,1H3,(H,15,16). The van der Waals surface area contributed by atoms with Gasteiger partial charge in [0.1, 0.15) is 5.82 Å². The first-order valence-electron chi connectivity index (χ1n) is 4.99. The number of nitrogens with two attached hydrogens (primary N) is 1. The summed E-state index contributed by atoms with van der Waals surface area (Å²) >= 11 is 1.41. The Morgan fingerprint density at radius 2 is 2.12 bits per heavy atom. The lowest BCUT2D eigenvalue weighted by molar-refractivity contribution is 0.103. The highest BCUT2D eigenvalue weighted by atomic mass is 32.1. The summed E-state index contributed by atoms with van der Waals surface area (Å²) in [4.78, 5) is 13.5. The summed E-state index contributed by atoms with van der Waals surface area (Å²) in [5.41, 5.74) is 5.92. The van der Waals surface area contributed by atoms with Crippen molar-refractivity contribution in [2.45, 2.75) is 6.92 Å². The van der Waals surface area contributed by atoms with E-state index in [0.29, 0.717) is 10.6 Å². The van der Waals surface area contributed by atoms with Crippen LogP contribution in [0.15, 0.2) is 30.3 Å². The van der Waals surface area contributed by atoms with E-state index in [1.54, 1.807) is 6.07 Å². The van der Waals surface area contributed by atoms with E-state index in [2.05, 4.69) is 5.32 Å². The molecule has 0 fully saturated rings. The van der Waals surface area contributed by atoms with Crippen LogP contribution in [0.25, 0.3) is 0 Å². The lowest BCUT2D eigenvalue weighted by atomic mass is 10.2. The van der Waals surface area contributed by atoms with Crippen LogP contribution in [0.5, 0.6) is 0 Å². The summed E-state index contributed by atoms with van der Waals surface area (Å²) in [6, 6.07) is 7.73. The molecule has 0 aliphatic heterocycles. The van der Waals surface area contributed by atoms with Crippen LogP contribution in [-0.4, -0.2) is 5.91 Å². The van der Waals surface area contributed by atoms with Crippen LogP contribution in [0.4, 0.5) is 15.8 Å². The molecule has 3 nitrogen and oxygen atoms in total. The summed E-state index contributed by atoms with van der Waals surface area (Å²) in [5.74, 6) is -0.705. The SMILES string of the molecule is Cc1ccc(C(=O)Nc2ccc(F)c(N)c2)s1. The Bertz CT molecular complexity index is 565. The number of amides is 1. The number of thiophene rings is 1. The van der Waals surface area contributed by atoms with E-state index in [0.717, 1.165) is 4.88 Å². The van der Waals surface area contributed by atoms with E-state index < -0.39 is 5.82 Å². The van der Waals surface area contributed by atoms with E-state index in [1.165, 1.54) is 29.5 Å². The Kier molecular flexibility index (Phi) is 3.10. The molecule has 0 unspecified atom stereocenters. The van der Waals surface area contributed by atoms with E-state index in [9.17, 15) is 9.18 Å². The average molecular weight is 250 g/mol. The fraction of sp³-hybridized carbons (Fsp3) is 0.0833. The van der Waals surface area contributed by atoms with E-state index in [1.807, 2.05) is 13.0 Å². The quantitative estimate of drug-likeness (QED) is 0.805. The van der Waals surface area contributed by atoms with Crippen molar-refractivity contribution in [3.05, 3.63) is 45.9 Å². The summed E-state index contributed by atoms with van der Waals surface area (Å²) in [6.45, 7) is 1.93. The van der Waals surface area contributed by atoms with Gasteiger partial charge in [0.25, 0.3) is 5.91 Å². The fourth-order valence-electron chi connectivity index (χ4n) is 1.37. The van der Waals surface area contributed by atoms with Gasteiger partial charge in [-0.05, 0) is 37.3 Å². The molecule has 3 N–H and O–H groups in total. The minimum absolute atomic E-state index is 0.0187. The topological polar surface area (TPSA) is 55.1 Å². The Labute approximate surface area is 102 Å². The van der Waals surface area contributed by atoms with Crippen molar-refractivity contribution < 1.29 is 9.18 Å². The number of hydrogen-bond donors (Lipinski definition) is 2. The second-order valence-corrected chi connectivity index (χ2v) is 4.89. The minimum atomic E-state index is -0.491.